The van der Waals surface area contributed by atoms with Gasteiger partial charge in [-0.3, -0.25) is 4.90 Å². The van der Waals surface area contributed by atoms with E-state index < -0.39 is 8.32 Å². The summed E-state index contributed by atoms with van der Waals surface area (Å²) in [5, 5.41) is 2.72. The quantitative estimate of drug-likeness (QED) is 0.347. The molecule has 1 aliphatic heterocycles. The van der Waals surface area contributed by atoms with E-state index in [1.807, 2.05) is 12.1 Å². The van der Waals surface area contributed by atoms with E-state index >= 15 is 0 Å². The molecule has 0 spiro atoms. The maximum Gasteiger partial charge on any atom is 0.261 e. The van der Waals surface area contributed by atoms with Crippen molar-refractivity contribution in [2.24, 2.45) is 0 Å². The fourth-order valence-corrected chi connectivity index (χ4v) is 9.81. The lowest BCUT2D eigenvalue weighted by Gasteiger charge is -2.46. The van der Waals surface area contributed by atoms with Gasteiger partial charge in [0.1, 0.15) is 0 Å². The Morgan fingerprint density at radius 2 is 1.36 bits per heavy atom. The number of hydrogen-bond acceptors (Lipinski definition) is 2. The predicted octanol–water partition coefficient (Wildman–Crippen LogP) is 5.78. The van der Waals surface area contributed by atoms with Crippen LogP contribution >= 0.6 is 0 Å². The molecule has 0 unspecified atom stereocenters. The molecule has 0 amide bonds. The Labute approximate surface area is 200 Å². The van der Waals surface area contributed by atoms with Gasteiger partial charge in [-0.25, -0.2) is 4.85 Å². The summed E-state index contributed by atoms with van der Waals surface area (Å²) in [6, 6.07) is 29.9. The summed E-state index contributed by atoms with van der Waals surface area (Å²) in [4.78, 5) is 6.01. The van der Waals surface area contributed by atoms with Crippen molar-refractivity contribution >= 4 is 24.4 Å². The first-order valence-electron chi connectivity index (χ1n) is 11.9. The summed E-state index contributed by atoms with van der Waals surface area (Å²) in [7, 11) is -2.49. The number of rotatable bonds is 6. The second-order valence-electron chi connectivity index (χ2n) is 10.0. The Morgan fingerprint density at radius 3 is 1.82 bits per heavy atom. The van der Waals surface area contributed by atoms with Gasteiger partial charge in [0, 0.05) is 25.7 Å². The zero-order chi connectivity index (χ0) is 23.3. The average Bonchev–Trinajstić information content (AvgIpc) is 2.84. The van der Waals surface area contributed by atoms with E-state index in [1.165, 1.54) is 15.9 Å². The Morgan fingerprint density at radius 1 is 0.848 bits per heavy atom. The maximum atomic E-state index is 7.32. The van der Waals surface area contributed by atoms with Crippen LogP contribution in [0.2, 0.25) is 5.04 Å². The van der Waals surface area contributed by atoms with Crippen molar-refractivity contribution in [2.45, 2.75) is 51.3 Å². The summed E-state index contributed by atoms with van der Waals surface area (Å²) < 4.78 is 7.32. The first-order chi connectivity index (χ1) is 15.9. The van der Waals surface area contributed by atoms with E-state index in [1.54, 1.807) is 0 Å². The van der Waals surface area contributed by atoms with Crippen LogP contribution in [0.3, 0.4) is 0 Å². The fourth-order valence-electron chi connectivity index (χ4n) is 5.06. The smallest absolute Gasteiger partial charge is 0.261 e. The lowest BCUT2D eigenvalue weighted by atomic mass is 10.1. The maximum absolute atomic E-state index is 7.32. The van der Waals surface area contributed by atoms with Crippen molar-refractivity contribution in [2.75, 3.05) is 13.1 Å². The predicted molar refractivity (Wildman–Crippen MR) is 140 cm³/mol. The monoisotopic (exact) mass is 454 g/mol. The van der Waals surface area contributed by atoms with Crippen LogP contribution in [0.25, 0.3) is 4.85 Å². The lowest BCUT2D eigenvalue weighted by molar-refractivity contribution is 0.0895. The van der Waals surface area contributed by atoms with Crippen LogP contribution in [0.1, 0.15) is 39.2 Å². The molecule has 1 saturated heterocycles. The Balaban J connectivity index is 1.54. The van der Waals surface area contributed by atoms with Gasteiger partial charge in [0.2, 0.25) is 0 Å². The highest BCUT2D eigenvalue weighted by Crippen LogP contribution is 2.38. The van der Waals surface area contributed by atoms with E-state index in [9.17, 15) is 0 Å². The first kappa shape index (κ1) is 23.4. The van der Waals surface area contributed by atoms with Gasteiger partial charge in [-0.1, -0.05) is 106 Å². The molecule has 0 radical (unpaired) electrons. The van der Waals surface area contributed by atoms with Crippen molar-refractivity contribution in [1.82, 2.24) is 4.90 Å². The first-order valence-corrected chi connectivity index (χ1v) is 13.8. The Bertz CT molecular complexity index is 1020. The molecular formula is C29H34N2OSi. The van der Waals surface area contributed by atoms with Gasteiger partial charge < -0.3 is 4.43 Å². The van der Waals surface area contributed by atoms with Crippen LogP contribution in [-0.2, 0) is 11.0 Å². The van der Waals surface area contributed by atoms with Crippen molar-refractivity contribution in [3.05, 3.63) is 102 Å². The summed E-state index contributed by atoms with van der Waals surface area (Å²) in [5.41, 5.74) is 1.98. The molecule has 170 valence electrons. The molecule has 3 aromatic carbocycles. The van der Waals surface area contributed by atoms with Crippen molar-refractivity contribution in [3.8, 4) is 0 Å². The number of piperidine rings is 1. The molecule has 1 heterocycles. The number of benzene rings is 3. The Kier molecular flexibility index (Phi) is 7.14. The van der Waals surface area contributed by atoms with E-state index in [-0.39, 0.29) is 11.1 Å². The largest absolute Gasteiger partial charge is 0.404 e. The van der Waals surface area contributed by atoms with E-state index in [0.717, 1.165) is 32.5 Å². The zero-order valence-corrected chi connectivity index (χ0v) is 21.0. The van der Waals surface area contributed by atoms with Crippen LogP contribution in [0, 0.1) is 6.57 Å². The van der Waals surface area contributed by atoms with Gasteiger partial charge in [0.05, 0.1) is 6.57 Å². The molecule has 4 heteroatoms. The molecule has 1 fully saturated rings. The highest BCUT2D eigenvalue weighted by Gasteiger charge is 2.51. The van der Waals surface area contributed by atoms with Crippen LogP contribution in [0.5, 0.6) is 0 Å². The highest BCUT2D eigenvalue weighted by molar-refractivity contribution is 6.99. The van der Waals surface area contributed by atoms with Gasteiger partial charge >= 0.3 is 0 Å². The third-order valence-corrected chi connectivity index (χ3v) is 11.9. The summed E-state index contributed by atoms with van der Waals surface area (Å²) >= 11 is 0. The van der Waals surface area contributed by atoms with Crippen LogP contribution in [0.15, 0.2) is 84.9 Å². The normalized spacial score (nSPS) is 15.8. The minimum atomic E-state index is -2.49. The van der Waals surface area contributed by atoms with Crippen molar-refractivity contribution < 1.29 is 4.43 Å². The molecule has 4 rings (SSSR count). The fraction of sp³-hybridized carbons (Fsp3) is 0.345. The summed E-state index contributed by atoms with van der Waals surface area (Å²) in [5.74, 6) is 0. The van der Waals surface area contributed by atoms with Crippen LogP contribution < -0.4 is 10.4 Å². The minimum absolute atomic E-state index is 0.0114. The van der Waals surface area contributed by atoms with Gasteiger partial charge in [0.25, 0.3) is 8.32 Å². The van der Waals surface area contributed by atoms with Gasteiger partial charge in [-0.2, -0.15) is 0 Å². The number of nitrogens with zero attached hydrogens (tertiary/aromatic N) is 2. The molecule has 3 nitrogen and oxygen atoms in total. The minimum Gasteiger partial charge on any atom is -0.404 e. The second-order valence-corrected chi connectivity index (χ2v) is 14.3. The zero-order valence-electron chi connectivity index (χ0n) is 20.0. The molecule has 0 bridgehead atoms. The molecule has 0 atom stereocenters. The third kappa shape index (κ3) is 5.12. The SMILES string of the molecule is [C-]#[N+]c1ccc(CN2CCC(O[Si](c3ccccc3)(c3ccccc3)C(C)(C)C)CC2)cc1. The van der Waals surface area contributed by atoms with Gasteiger partial charge in [-0.05, 0) is 33.8 Å². The second kappa shape index (κ2) is 10.1. The number of likely N-dealkylation sites (tertiary alicyclic amines) is 1. The van der Waals surface area contributed by atoms with E-state index in [2.05, 4.69) is 103 Å². The van der Waals surface area contributed by atoms with Crippen LogP contribution in [0.4, 0.5) is 5.69 Å². The molecule has 3 aromatic rings. The molecular weight excluding hydrogens is 420 g/mol. The third-order valence-electron chi connectivity index (χ3n) is 6.77. The molecule has 0 saturated carbocycles. The Hall–Kier alpha value is -2.71. The lowest BCUT2D eigenvalue weighted by Crippen LogP contribution is -2.68. The summed E-state index contributed by atoms with van der Waals surface area (Å²) in [6.07, 6.45) is 2.35. The van der Waals surface area contributed by atoms with E-state index in [4.69, 9.17) is 11.0 Å². The molecule has 33 heavy (non-hydrogen) atoms. The molecule has 0 aliphatic carbocycles. The van der Waals surface area contributed by atoms with E-state index in [0.29, 0.717) is 5.69 Å². The van der Waals surface area contributed by atoms with Gasteiger partial charge in [0.15, 0.2) is 5.69 Å². The molecule has 1 aliphatic rings. The topological polar surface area (TPSA) is 16.8 Å². The molecule has 0 aromatic heterocycles. The summed E-state index contributed by atoms with van der Waals surface area (Å²) in [6.45, 7) is 17.2. The molecule has 0 N–H and O–H groups in total. The standard InChI is InChI=1S/C29H34N2OSi/c1-29(2,3)33(27-11-7-5-8-12-27,28-13-9-6-10-14-28)32-26-19-21-31(22-20-26)23-24-15-17-25(30-4)18-16-24/h5-18,26H,19-23H2,1-3H3. The van der Waals surface area contributed by atoms with Gasteiger partial charge in [-0.15, -0.1) is 0 Å². The van der Waals surface area contributed by atoms with Crippen molar-refractivity contribution in [1.29, 1.82) is 0 Å². The highest BCUT2D eigenvalue weighted by atomic mass is 28.4. The van der Waals surface area contributed by atoms with Crippen LogP contribution in [-0.4, -0.2) is 32.4 Å². The van der Waals surface area contributed by atoms with Crippen molar-refractivity contribution in [3.63, 3.8) is 0 Å². The number of hydrogen-bond donors (Lipinski definition) is 0. The average molecular weight is 455 g/mol.